The smallest absolute Gasteiger partial charge is 0.389 e. The zero-order valence-electron chi connectivity index (χ0n) is 10.8. The molecular weight excluding hydrogens is 263 g/mol. The van der Waals surface area contributed by atoms with Crippen molar-refractivity contribution in [2.75, 3.05) is 19.7 Å². The second-order valence-corrected chi connectivity index (χ2v) is 4.55. The van der Waals surface area contributed by atoms with Gasteiger partial charge in [0.05, 0.1) is 18.9 Å². The van der Waals surface area contributed by atoms with E-state index in [2.05, 4.69) is 0 Å². The van der Waals surface area contributed by atoms with Crippen LogP contribution in [0.2, 0.25) is 0 Å². The largest absolute Gasteiger partial charge is 0.466 e. The minimum absolute atomic E-state index is 0.162. The summed E-state index contributed by atoms with van der Waals surface area (Å²) in [6.07, 6.45) is -4.78. The molecule has 1 heterocycles. The third-order valence-electron chi connectivity index (χ3n) is 3.02. The summed E-state index contributed by atoms with van der Waals surface area (Å²) in [6, 6.07) is 0. The van der Waals surface area contributed by atoms with Crippen LogP contribution in [0.25, 0.3) is 0 Å². The zero-order chi connectivity index (χ0) is 14.5. The fraction of sp³-hybridized carbons (Fsp3) is 0.833. The van der Waals surface area contributed by atoms with Crippen LogP contribution < -0.4 is 0 Å². The van der Waals surface area contributed by atoms with Gasteiger partial charge in [0.15, 0.2) is 0 Å². The van der Waals surface area contributed by atoms with Crippen LogP contribution in [0.4, 0.5) is 13.2 Å². The molecule has 1 atom stereocenters. The van der Waals surface area contributed by atoms with Crippen LogP contribution in [0.1, 0.15) is 32.6 Å². The van der Waals surface area contributed by atoms with Crippen LogP contribution in [0.3, 0.4) is 0 Å². The summed E-state index contributed by atoms with van der Waals surface area (Å²) in [4.78, 5) is 24.5. The minimum atomic E-state index is -4.33. The number of alkyl halides is 3. The molecular formula is C12H18F3NO3. The molecule has 0 aromatic heterocycles. The maximum atomic E-state index is 12.0. The number of carbonyl (C=O) groups is 2. The second kappa shape index (κ2) is 6.77. The first kappa shape index (κ1) is 15.8. The molecule has 110 valence electrons. The lowest BCUT2D eigenvalue weighted by Gasteiger charge is -2.31. The van der Waals surface area contributed by atoms with E-state index in [4.69, 9.17) is 4.74 Å². The van der Waals surface area contributed by atoms with E-state index in [0.717, 1.165) is 0 Å². The lowest BCUT2D eigenvalue weighted by molar-refractivity contribution is -0.155. The first-order valence-electron chi connectivity index (χ1n) is 6.34. The minimum Gasteiger partial charge on any atom is -0.466 e. The van der Waals surface area contributed by atoms with Gasteiger partial charge < -0.3 is 9.64 Å². The molecule has 7 heteroatoms. The molecule has 0 spiro atoms. The molecule has 0 N–H and O–H groups in total. The number of piperidine rings is 1. The molecule has 0 aromatic carbocycles. The average molecular weight is 281 g/mol. The van der Waals surface area contributed by atoms with E-state index in [9.17, 15) is 22.8 Å². The number of hydrogen-bond acceptors (Lipinski definition) is 3. The van der Waals surface area contributed by atoms with Crippen molar-refractivity contribution >= 4 is 11.9 Å². The predicted octanol–water partition coefficient (Wildman–Crippen LogP) is 2.13. The molecule has 0 radical (unpaired) electrons. The number of esters is 1. The van der Waals surface area contributed by atoms with Gasteiger partial charge in [-0.3, -0.25) is 9.59 Å². The Kier molecular flexibility index (Phi) is 5.62. The Morgan fingerprint density at radius 1 is 1.37 bits per heavy atom. The zero-order valence-corrected chi connectivity index (χ0v) is 10.8. The highest BCUT2D eigenvalue weighted by Gasteiger charge is 2.32. The second-order valence-electron chi connectivity index (χ2n) is 4.55. The molecule has 1 aliphatic heterocycles. The Morgan fingerprint density at radius 3 is 2.63 bits per heavy atom. The maximum Gasteiger partial charge on any atom is 0.389 e. The SMILES string of the molecule is CCOC(=O)[C@H]1CCCN(C(=O)CCC(F)(F)F)C1. The maximum absolute atomic E-state index is 12.0. The predicted molar refractivity (Wildman–Crippen MR) is 61.2 cm³/mol. The fourth-order valence-electron chi connectivity index (χ4n) is 2.06. The molecule has 0 unspecified atom stereocenters. The molecule has 0 bridgehead atoms. The number of nitrogens with zero attached hydrogens (tertiary/aromatic N) is 1. The summed E-state index contributed by atoms with van der Waals surface area (Å²) >= 11 is 0. The van der Waals surface area contributed by atoms with E-state index in [-0.39, 0.29) is 19.1 Å². The summed E-state index contributed by atoms with van der Waals surface area (Å²) in [5.41, 5.74) is 0. The fourth-order valence-corrected chi connectivity index (χ4v) is 2.06. The van der Waals surface area contributed by atoms with Crippen LogP contribution in [0, 0.1) is 5.92 Å². The average Bonchev–Trinajstić information content (AvgIpc) is 2.35. The van der Waals surface area contributed by atoms with Gasteiger partial charge in [-0.25, -0.2) is 0 Å². The summed E-state index contributed by atoms with van der Waals surface area (Å²) in [5, 5.41) is 0. The van der Waals surface area contributed by atoms with E-state index >= 15 is 0 Å². The summed E-state index contributed by atoms with van der Waals surface area (Å²) in [6.45, 7) is 2.52. The lowest BCUT2D eigenvalue weighted by atomic mass is 9.98. The summed E-state index contributed by atoms with van der Waals surface area (Å²) in [5.74, 6) is -1.34. The number of likely N-dealkylation sites (tertiary alicyclic amines) is 1. The third kappa shape index (κ3) is 5.48. The molecule has 0 aliphatic carbocycles. The van der Waals surface area contributed by atoms with Gasteiger partial charge in [-0.05, 0) is 19.8 Å². The van der Waals surface area contributed by atoms with Gasteiger partial charge in [-0.15, -0.1) is 0 Å². The Labute approximate surface area is 109 Å². The van der Waals surface area contributed by atoms with Crippen molar-refractivity contribution in [3.63, 3.8) is 0 Å². The normalized spacial score (nSPS) is 20.2. The number of halogens is 3. The van der Waals surface area contributed by atoms with Crippen molar-refractivity contribution in [2.45, 2.75) is 38.8 Å². The van der Waals surface area contributed by atoms with E-state index in [0.29, 0.717) is 19.4 Å². The molecule has 1 rings (SSSR count). The van der Waals surface area contributed by atoms with Crippen LogP contribution in [0.5, 0.6) is 0 Å². The third-order valence-corrected chi connectivity index (χ3v) is 3.02. The quantitative estimate of drug-likeness (QED) is 0.742. The van der Waals surface area contributed by atoms with Gasteiger partial charge >= 0.3 is 12.1 Å². The van der Waals surface area contributed by atoms with Gasteiger partial charge in [0, 0.05) is 19.5 Å². The van der Waals surface area contributed by atoms with E-state index in [1.54, 1.807) is 6.92 Å². The molecule has 1 aliphatic rings. The number of ether oxygens (including phenoxy) is 1. The topological polar surface area (TPSA) is 46.6 Å². The van der Waals surface area contributed by atoms with Crippen LogP contribution in [-0.2, 0) is 14.3 Å². The van der Waals surface area contributed by atoms with Crippen molar-refractivity contribution in [1.82, 2.24) is 4.90 Å². The first-order valence-corrected chi connectivity index (χ1v) is 6.34. The summed E-state index contributed by atoms with van der Waals surface area (Å²) in [7, 11) is 0. The van der Waals surface area contributed by atoms with Gasteiger partial charge in [-0.1, -0.05) is 0 Å². The number of carbonyl (C=O) groups excluding carboxylic acids is 2. The Bertz CT molecular complexity index is 331. The molecule has 1 amide bonds. The van der Waals surface area contributed by atoms with E-state index in [1.807, 2.05) is 0 Å². The van der Waals surface area contributed by atoms with Crippen molar-refractivity contribution in [3.05, 3.63) is 0 Å². The Hall–Kier alpha value is -1.27. The van der Waals surface area contributed by atoms with Gasteiger partial charge in [0.25, 0.3) is 0 Å². The van der Waals surface area contributed by atoms with Crippen LogP contribution >= 0.6 is 0 Å². The van der Waals surface area contributed by atoms with Crippen molar-refractivity contribution in [3.8, 4) is 0 Å². The monoisotopic (exact) mass is 281 g/mol. The van der Waals surface area contributed by atoms with E-state index < -0.39 is 30.8 Å². The standard InChI is InChI=1S/C12H18F3NO3/c1-2-19-11(18)9-4-3-7-16(8-9)10(17)5-6-12(13,14)15/h9H,2-8H2,1H3/t9-/m0/s1. The first-order chi connectivity index (χ1) is 8.83. The van der Waals surface area contributed by atoms with Crippen molar-refractivity contribution in [2.24, 2.45) is 5.92 Å². The van der Waals surface area contributed by atoms with E-state index in [1.165, 1.54) is 4.90 Å². The molecule has 4 nitrogen and oxygen atoms in total. The Balaban J connectivity index is 2.45. The number of rotatable bonds is 4. The highest BCUT2D eigenvalue weighted by atomic mass is 19.4. The van der Waals surface area contributed by atoms with Gasteiger partial charge in [0.2, 0.25) is 5.91 Å². The van der Waals surface area contributed by atoms with Gasteiger partial charge in [0.1, 0.15) is 0 Å². The summed E-state index contributed by atoms with van der Waals surface area (Å²) < 4.78 is 41.0. The molecule has 0 saturated carbocycles. The van der Waals surface area contributed by atoms with Crippen LogP contribution in [0.15, 0.2) is 0 Å². The highest BCUT2D eigenvalue weighted by molar-refractivity contribution is 5.78. The Morgan fingerprint density at radius 2 is 2.05 bits per heavy atom. The molecule has 1 fully saturated rings. The van der Waals surface area contributed by atoms with Gasteiger partial charge in [-0.2, -0.15) is 13.2 Å². The van der Waals surface area contributed by atoms with Crippen LogP contribution in [-0.4, -0.2) is 42.6 Å². The molecule has 19 heavy (non-hydrogen) atoms. The lowest BCUT2D eigenvalue weighted by Crippen LogP contribution is -2.43. The highest BCUT2D eigenvalue weighted by Crippen LogP contribution is 2.24. The molecule has 0 aromatic rings. The number of hydrogen-bond donors (Lipinski definition) is 0. The van der Waals surface area contributed by atoms with Crippen molar-refractivity contribution in [1.29, 1.82) is 0 Å². The van der Waals surface area contributed by atoms with Crippen molar-refractivity contribution < 1.29 is 27.5 Å². The molecule has 1 saturated heterocycles. The number of amides is 1.